The molecule has 0 radical (unpaired) electrons. The van der Waals surface area contributed by atoms with Crippen LogP contribution in [0, 0.1) is 11.5 Å². The number of carbonyl (C=O) groups is 1. The van der Waals surface area contributed by atoms with E-state index in [1.165, 1.54) is 0 Å². The van der Waals surface area contributed by atoms with Crippen molar-refractivity contribution < 1.29 is 4.79 Å². The molecule has 0 spiro atoms. The predicted octanol–water partition coefficient (Wildman–Crippen LogP) is 2.92. The highest BCUT2D eigenvalue weighted by Gasteiger charge is 2.06. The van der Waals surface area contributed by atoms with Crippen LogP contribution in [0.4, 0.5) is 0 Å². The first-order chi connectivity index (χ1) is 7.01. The van der Waals surface area contributed by atoms with Gasteiger partial charge in [-0.3, -0.25) is 4.79 Å². The molecule has 0 aliphatic rings. The highest BCUT2D eigenvalue weighted by Crippen LogP contribution is 2.04. The van der Waals surface area contributed by atoms with E-state index in [0.717, 1.165) is 23.8 Å². The molecule has 0 saturated carbocycles. The van der Waals surface area contributed by atoms with Crippen molar-refractivity contribution in [1.29, 1.82) is 0 Å². The summed E-state index contributed by atoms with van der Waals surface area (Å²) in [6.07, 6.45) is 1.61. The Labute approximate surface area is 92.5 Å². The third kappa shape index (κ3) is 4.62. The van der Waals surface area contributed by atoms with Gasteiger partial charge in [-0.05, 0) is 11.6 Å². The van der Waals surface area contributed by atoms with Crippen LogP contribution in [0.5, 0.6) is 0 Å². The average Bonchev–Trinajstić information content (AvgIpc) is 2.16. The molecule has 0 saturated heterocycles. The molecule has 0 aliphatic heterocycles. The summed E-state index contributed by atoms with van der Waals surface area (Å²) >= 11 is 0. The van der Waals surface area contributed by atoms with E-state index >= 15 is 0 Å². The highest BCUT2D eigenvalue weighted by atomic mass is 28.3. The summed E-state index contributed by atoms with van der Waals surface area (Å²) in [6, 6.07) is 7.61. The molecule has 0 N–H and O–H groups in total. The van der Waals surface area contributed by atoms with Gasteiger partial charge in [0.25, 0.3) is 0 Å². The SMILES string of the molecule is C[Si](C)(C)C#CCc1cccc(C=O)c1. The van der Waals surface area contributed by atoms with Gasteiger partial charge in [-0.2, -0.15) is 0 Å². The Morgan fingerprint density at radius 1 is 1.33 bits per heavy atom. The molecule has 1 aromatic carbocycles. The molecule has 78 valence electrons. The molecule has 1 rings (SSSR count). The average molecular weight is 216 g/mol. The second-order valence-corrected chi connectivity index (χ2v) is 9.34. The van der Waals surface area contributed by atoms with Gasteiger partial charge in [-0.1, -0.05) is 37.8 Å². The number of hydrogen-bond donors (Lipinski definition) is 0. The standard InChI is InChI=1S/C13H16OSi/c1-15(2,3)9-5-8-12-6-4-7-13(10-12)11-14/h4,6-7,10-11H,8H2,1-3H3. The Morgan fingerprint density at radius 3 is 2.67 bits per heavy atom. The Kier molecular flexibility index (Phi) is 3.87. The quantitative estimate of drug-likeness (QED) is 0.422. The first kappa shape index (κ1) is 11.7. The van der Waals surface area contributed by atoms with Crippen LogP contribution in [-0.2, 0) is 6.42 Å². The summed E-state index contributed by atoms with van der Waals surface area (Å²) in [6.45, 7) is 6.67. The Hall–Kier alpha value is -1.33. The number of benzene rings is 1. The lowest BCUT2D eigenvalue weighted by molar-refractivity contribution is 0.112. The summed E-state index contributed by atoms with van der Waals surface area (Å²) in [5.41, 5.74) is 5.15. The monoisotopic (exact) mass is 216 g/mol. The second kappa shape index (κ2) is 4.95. The van der Waals surface area contributed by atoms with E-state index in [0.29, 0.717) is 0 Å². The largest absolute Gasteiger partial charge is 0.298 e. The summed E-state index contributed by atoms with van der Waals surface area (Å²) in [5, 5.41) is 0. The first-order valence-corrected chi connectivity index (χ1v) is 8.55. The maximum absolute atomic E-state index is 10.6. The molecule has 0 atom stereocenters. The zero-order chi connectivity index (χ0) is 11.3. The maximum atomic E-state index is 10.6. The Bertz CT molecular complexity index is 405. The lowest BCUT2D eigenvalue weighted by Gasteiger charge is -2.03. The van der Waals surface area contributed by atoms with E-state index in [9.17, 15) is 4.79 Å². The molecule has 0 amide bonds. The van der Waals surface area contributed by atoms with E-state index in [4.69, 9.17) is 0 Å². The molecule has 0 unspecified atom stereocenters. The van der Waals surface area contributed by atoms with Gasteiger partial charge in [0, 0.05) is 12.0 Å². The minimum absolute atomic E-state index is 0.724. The van der Waals surface area contributed by atoms with Crippen LogP contribution in [-0.4, -0.2) is 14.4 Å². The van der Waals surface area contributed by atoms with Crippen molar-refractivity contribution in [1.82, 2.24) is 0 Å². The fourth-order valence-corrected chi connectivity index (χ4v) is 1.81. The molecule has 15 heavy (non-hydrogen) atoms. The normalized spacial score (nSPS) is 10.3. The molecular formula is C13H16OSi. The molecule has 0 aromatic heterocycles. The molecular weight excluding hydrogens is 200 g/mol. The van der Waals surface area contributed by atoms with Gasteiger partial charge in [0.2, 0.25) is 0 Å². The summed E-state index contributed by atoms with van der Waals surface area (Å²) in [4.78, 5) is 10.6. The Balaban J connectivity index is 2.72. The summed E-state index contributed by atoms with van der Waals surface area (Å²) in [5.74, 6) is 3.19. The lowest BCUT2D eigenvalue weighted by atomic mass is 10.1. The van der Waals surface area contributed by atoms with E-state index in [-0.39, 0.29) is 0 Å². The van der Waals surface area contributed by atoms with Gasteiger partial charge in [-0.25, -0.2) is 0 Å². The minimum Gasteiger partial charge on any atom is -0.298 e. The van der Waals surface area contributed by atoms with Crippen LogP contribution in [0.25, 0.3) is 0 Å². The van der Waals surface area contributed by atoms with E-state index < -0.39 is 8.07 Å². The molecule has 0 fully saturated rings. The van der Waals surface area contributed by atoms with Crippen LogP contribution in [0.15, 0.2) is 24.3 Å². The van der Waals surface area contributed by atoms with Crippen molar-refractivity contribution in [2.24, 2.45) is 0 Å². The van der Waals surface area contributed by atoms with Gasteiger partial charge in [0.1, 0.15) is 14.4 Å². The topological polar surface area (TPSA) is 17.1 Å². The van der Waals surface area contributed by atoms with Crippen molar-refractivity contribution in [2.45, 2.75) is 26.1 Å². The fourth-order valence-electron chi connectivity index (χ4n) is 1.19. The van der Waals surface area contributed by atoms with E-state index in [2.05, 4.69) is 31.1 Å². The predicted molar refractivity (Wildman–Crippen MR) is 66.7 cm³/mol. The number of hydrogen-bond acceptors (Lipinski definition) is 1. The number of carbonyl (C=O) groups excluding carboxylic acids is 1. The molecule has 0 bridgehead atoms. The van der Waals surface area contributed by atoms with Gasteiger partial charge in [0.15, 0.2) is 0 Å². The highest BCUT2D eigenvalue weighted by molar-refractivity contribution is 6.83. The zero-order valence-electron chi connectivity index (χ0n) is 9.50. The lowest BCUT2D eigenvalue weighted by Crippen LogP contribution is -2.16. The summed E-state index contributed by atoms with van der Waals surface area (Å²) in [7, 11) is -1.26. The smallest absolute Gasteiger partial charge is 0.150 e. The molecule has 2 heteroatoms. The second-order valence-electron chi connectivity index (χ2n) is 4.59. The molecule has 0 aliphatic carbocycles. The van der Waals surface area contributed by atoms with Crippen molar-refractivity contribution in [3.05, 3.63) is 35.4 Å². The summed E-state index contributed by atoms with van der Waals surface area (Å²) < 4.78 is 0. The number of aldehydes is 1. The Morgan fingerprint density at radius 2 is 2.07 bits per heavy atom. The van der Waals surface area contributed by atoms with Crippen molar-refractivity contribution in [2.75, 3.05) is 0 Å². The van der Waals surface area contributed by atoms with Gasteiger partial charge >= 0.3 is 0 Å². The first-order valence-electron chi connectivity index (χ1n) is 5.05. The van der Waals surface area contributed by atoms with Gasteiger partial charge in [0.05, 0.1) is 0 Å². The van der Waals surface area contributed by atoms with Crippen molar-refractivity contribution in [3.8, 4) is 11.5 Å². The minimum atomic E-state index is -1.26. The van der Waals surface area contributed by atoms with Crippen LogP contribution >= 0.6 is 0 Å². The van der Waals surface area contributed by atoms with Crippen LogP contribution < -0.4 is 0 Å². The molecule has 1 aromatic rings. The van der Waals surface area contributed by atoms with E-state index in [1.54, 1.807) is 0 Å². The van der Waals surface area contributed by atoms with Crippen molar-refractivity contribution >= 4 is 14.4 Å². The van der Waals surface area contributed by atoms with Crippen LogP contribution in [0.1, 0.15) is 15.9 Å². The molecule has 1 nitrogen and oxygen atoms in total. The fraction of sp³-hybridized carbons (Fsp3) is 0.308. The van der Waals surface area contributed by atoms with Crippen LogP contribution in [0.2, 0.25) is 19.6 Å². The van der Waals surface area contributed by atoms with Crippen molar-refractivity contribution in [3.63, 3.8) is 0 Å². The number of rotatable bonds is 2. The zero-order valence-corrected chi connectivity index (χ0v) is 10.5. The van der Waals surface area contributed by atoms with Gasteiger partial charge in [-0.15, -0.1) is 11.5 Å². The van der Waals surface area contributed by atoms with Gasteiger partial charge < -0.3 is 0 Å². The maximum Gasteiger partial charge on any atom is 0.150 e. The molecule has 0 heterocycles. The third-order valence-electron chi connectivity index (χ3n) is 1.84. The third-order valence-corrected chi connectivity index (χ3v) is 2.77. The van der Waals surface area contributed by atoms with E-state index in [1.807, 2.05) is 24.3 Å². The van der Waals surface area contributed by atoms with Crippen LogP contribution in [0.3, 0.4) is 0 Å².